The van der Waals surface area contributed by atoms with Crippen LogP contribution in [0.25, 0.3) is 6.08 Å². The Kier molecular flexibility index (Phi) is 5.53. The molecular weight excluding hydrogens is 214 g/mol. The van der Waals surface area contributed by atoms with Crippen LogP contribution in [0.2, 0.25) is 0 Å². The molecule has 0 aliphatic rings. The molecule has 0 aromatic carbocycles. The minimum Gasteiger partial charge on any atom is -0.462 e. The molecule has 0 aliphatic heterocycles. The Bertz CT molecular complexity index is 377. The molecule has 0 bridgehead atoms. The Balaban J connectivity index is 2.23. The normalized spacial score (nSPS) is 11.3. The van der Waals surface area contributed by atoms with Crippen molar-refractivity contribution in [1.82, 2.24) is 5.32 Å². The molecule has 1 amide bonds. The second-order valence-electron chi connectivity index (χ2n) is 4.61. The molecule has 94 valence electrons. The Morgan fingerprint density at radius 3 is 2.82 bits per heavy atom. The highest BCUT2D eigenvalue weighted by molar-refractivity contribution is 5.91. The Labute approximate surface area is 103 Å². The van der Waals surface area contributed by atoms with E-state index in [1.807, 2.05) is 19.1 Å². The summed E-state index contributed by atoms with van der Waals surface area (Å²) in [6.45, 7) is 6.98. The largest absolute Gasteiger partial charge is 0.462 e. The summed E-state index contributed by atoms with van der Waals surface area (Å²) in [5, 5.41) is 2.85. The molecule has 17 heavy (non-hydrogen) atoms. The Morgan fingerprint density at radius 1 is 1.47 bits per heavy atom. The van der Waals surface area contributed by atoms with Crippen LogP contribution in [-0.4, -0.2) is 12.5 Å². The summed E-state index contributed by atoms with van der Waals surface area (Å²) in [7, 11) is 0. The van der Waals surface area contributed by atoms with Gasteiger partial charge in [0.05, 0.1) is 0 Å². The molecule has 1 N–H and O–H groups in total. The van der Waals surface area contributed by atoms with E-state index in [1.165, 1.54) is 6.08 Å². The maximum absolute atomic E-state index is 11.4. The lowest BCUT2D eigenvalue weighted by Gasteiger charge is -2.04. The third kappa shape index (κ3) is 5.95. The second-order valence-corrected chi connectivity index (χ2v) is 4.61. The van der Waals surface area contributed by atoms with Crippen molar-refractivity contribution in [3.63, 3.8) is 0 Å². The van der Waals surface area contributed by atoms with Gasteiger partial charge in [0.1, 0.15) is 11.5 Å². The van der Waals surface area contributed by atoms with Gasteiger partial charge in [-0.25, -0.2) is 0 Å². The fourth-order valence-electron chi connectivity index (χ4n) is 1.48. The summed E-state index contributed by atoms with van der Waals surface area (Å²) in [6, 6.07) is 3.72. The van der Waals surface area contributed by atoms with Gasteiger partial charge in [0, 0.05) is 12.6 Å². The van der Waals surface area contributed by atoms with Crippen LogP contribution < -0.4 is 5.32 Å². The summed E-state index contributed by atoms with van der Waals surface area (Å²) >= 11 is 0. The SMILES string of the molecule is Cc1ccc(/C=C/C(=O)NCCCC(C)C)o1. The fourth-order valence-corrected chi connectivity index (χ4v) is 1.48. The molecule has 0 radical (unpaired) electrons. The molecule has 3 heteroatoms. The second kappa shape index (κ2) is 6.94. The Hall–Kier alpha value is -1.51. The van der Waals surface area contributed by atoms with Gasteiger partial charge >= 0.3 is 0 Å². The monoisotopic (exact) mass is 235 g/mol. The predicted octanol–water partition coefficient (Wildman–Crippen LogP) is 3.15. The fraction of sp³-hybridized carbons (Fsp3) is 0.500. The van der Waals surface area contributed by atoms with Crippen molar-refractivity contribution >= 4 is 12.0 Å². The lowest BCUT2D eigenvalue weighted by atomic mass is 10.1. The van der Waals surface area contributed by atoms with Crippen LogP contribution in [-0.2, 0) is 4.79 Å². The van der Waals surface area contributed by atoms with Crippen molar-refractivity contribution < 1.29 is 9.21 Å². The van der Waals surface area contributed by atoms with Gasteiger partial charge < -0.3 is 9.73 Å². The van der Waals surface area contributed by atoms with Crippen LogP contribution in [0, 0.1) is 12.8 Å². The lowest BCUT2D eigenvalue weighted by Crippen LogP contribution is -2.22. The van der Waals surface area contributed by atoms with Crippen molar-refractivity contribution in [3.05, 3.63) is 29.7 Å². The molecule has 0 spiro atoms. The van der Waals surface area contributed by atoms with E-state index in [9.17, 15) is 4.79 Å². The van der Waals surface area contributed by atoms with Crippen LogP contribution in [0.1, 0.15) is 38.2 Å². The Morgan fingerprint density at radius 2 is 2.24 bits per heavy atom. The number of carbonyl (C=O) groups is 1. The van der Waals surface area contributed by atoms with Gasteiger partial charge in [-0.2, -0.15) is 0 Å². The third-order valence-electron chi connectivity index (χ3n) is 2.42. The van der Waals surface area contributed by atoms with Crippen LogP contribution in [0.4, 0.5) is 0 Å². The van der Waals surface area contributed by atoms with Gasteiger partial charge in [-0.05, 0) is 43.9 Å². The molecule has 0 aliphatic carbocycles. The molecule has 0 fully saturated rings. The highest BCUT2D eigenvalue weighted by atomic mass is 16.3. The van der Waals surface area contributed by atoms with Crippen molar-refractivity contribution in [2.24, 2.45) is 5.92 Å². The highest BCUT2D eigenvalue weighted by Gasteiger charge is 1.98. The highest BCUT2D eigenvalue weighted by Crippen LogP contribution is 2.07. The zero-order valence-electron chi connectivity index (χ0n) is 10.8. The maximum atomic E-state index is 11.4. The predicted molar refractivity (Wildman–Crippen MR) is 69.6 cm³/mol. The van der Waals surface area contributed by atoms with E-state index in [-0.39, 0.29) is 5.91 Å². The smallest absolute Gasteiger partial charge is 0.244 e. The van der Waals surface area contributed by atoms with Crippen molar-refractivity contribution in [2.45, 2.75) is 33.6 Å². The molecule has 0 saturated carbocycles. The summed E-state index contributed by atoms with van der Waals surface area (Å²) < 4.78 is 5.32. The van der Waals surface area contributed by atoms with E-state index in [0.29, 0.717) is 11.7 Å². The first kappa shape index (κ1) is 13.6. The molecule has 3 nitrogen and oxygen atoms in total. The minimum atomic E-state index is -0.0668. The molecule has 0 atom stereocenters. The first-order chi connectivity index (χ1) is 8.08. The van der Waals surface area contributed by atoms with Gasteiger partial charge in [-0.15, -0.1) is 0 Å². The zero-order valence-corrected chi connectivity index (χ0v) is 10.8. The van der Waals surface area contributed by atoms with Gasteiger partial charge in [0.25, 0.3) is 0 Å². The zero-order chi connectivity index (χ0) is 12.7. The number of nitrogens with one attached hydrogen (secondary N) is 1. The molecular formula is C14H21NO2. The summed E-state index contributed by atoms with van der Waals surface area (Å²) in [6.07, 6.45) is 5.36. The van der Waals surface area contributed by atoms with Crippen LogP contribution in [0.15, 0.2) is 22.6 Å². The summed E-state index contributed by atoms with van der Waals surface area (Å²) in [5.74, 6) is 2.18. The minimum absolute atomic E-state index is 0.0668. The van der Waals surface area contributed by atoms with Crippen molar-refractivity contribution in [1.29, 1.82) is 0 Å². The number of amides is 1. The van der Waals surface area contributed by atoms with Crippen LogP contribution in [0.3, 0.4) is 0 Å². The third-order valence-corrected chi connectivity index (χ3v) is 2.42. The quantitative estimate of drug-likeness (QED) is 0.608. The summed E-state index contributed by atoms with van der Waals surface area (Å²) in [5.41, 5.74) is 0. The number of hydrogen-bond donors (Lipinski definition) is 1. The first-order valence-electron chi connectivity index (χ1n) is 6.10. The van der Waals surface area contributed by atoms with Gasteiger partial charge in [-0.3, -0.25) is 4.79 Å². The lowest BCUT2D eigenvalue weighted by molar-refractivity contribution is -0.116. The molecule has 0 unspecified atom stereocenters. The van der Waals surface area contributed by atoms with E-state index in [1.54, 1.807) is 6.08 Å². The molecule has 1 aromatic rings. The topological polar surface area (TPSA) is 42.2 Å². The van der Waals surface area contributed by atoms with E-state index < -0.39 is 0 Å². The molecule has 1 heterocycles. The number of aryl methyl sites for hydroxylation is 1. The standard InChI is InChI=1S/C14H21NO2/c1-11(2)5-4-10-15-14(16)9-8-13-7-6-12(3)17-13/h6-9,11H,4-5,10H2,1-3H3,(H,15,16)/b9-8+. The van der Waals surface area contributed by atoms with E-state index >= 15 is 0 Å². The maximum Gasteiger partial charge on any atom is 0.244 e. The van der Waals surface area contributed by atoms with Gasteiger partial charge in [0.2, 0.25) is 5.91 Å². The van der Waals surface area contributed by atoms with Crippen molar-refractivity contribution in [2.75, 3.05) is 6.54 Å². The van der Waals surface area contributed by atoms with Gasteiger partial charge in [0.15, 0.2) is 0 Å². The van der Waals surface area contributed by atoms with Crippen LogP contribution in [0.5, 0.6) is 0 Å². The van der Waals surface area contributed by atoms with Gasteiger partial charge in [-0.1, -0.05) is 13.8 Å². The molecule has 0 saturated heterocycles. The number of furan rings is 1. The van der Waals surface area contributed by atoms with E-state index in [2.05, 4.69) is 19.2 Å². The van der Waals surface area contributed by atoms with Crippen LogP contribution >= 0.6 is 0 Å². The summed E-state index contributed by atoms with van der Waals surface area (Å²) in [4.78, 5) is 11.4. The first-order valence-corrected chi connectivity index (χ1v) is 6.10. The van der Waals surface area contributed by atoms with E-state index in [4.69, 9.17) is 4.42 Å². The molecule has 1 aromatic heterocycles. The average Bonchev–Trinajstić information content (AvgIpc) is 2.67. The number of rotatable bonds is 6. The number of carbonyl (C=O) groups excluding carboxylic acids is 1. The molecule has 1 rings (SSSR count). The average molecular weight is 235 g/mol. The van der Waals surface area contributed by atoms with Crippen molar-refractivity contribution in [3.8, 4) is 0 Å². The number of hydrogen-bond acceptors (Lipinski definition) is 2. The van der Waals surface area contributed by atoms with E-state index in [0.717, 1.165) is 25.1 Å².